The number of anilines is 2. The van der Waals surface area contributed by atoms with Crippen molar-refractivity contribution in [3.8, 4) is 0 Å². The number of para-hydroxylation sites is 1. The Morgan fingerprint density at radius 2 is 1.96 bits per heavy atom. The van der Waals surface area contributed by atoms with Gasteiger partial charge in [0.15, 0.2) is 0 Å². The largest absolute Gasteiger partial charge is 0.372 e. The summed E-state index contributed by atoms with van der Waals surface area (Å²) in [6, 6.07) is 6.21. The van der Waals surface area contributed by atoms with Crippen LogP contribution in [-0.4, -0.2) is 32.3 Å². The second kappa shape index (κ2) is 12.4. The molecular weight excluding hydrogens is 341 g/mol. The lowest BCUT2D eigenvalue weighted by atomic mass is 10.2. The lowest BCUT2D eigenvalue weighted by Gasteiger charge is -2.29. The van der Waals surface area contributed by atoms with Gasteiger partial charge in [-0.3, -0.25) is 10.2 Å². The fourth-order valence-electron chi connectivity index (χ4n) is 2.76. The summed E-state index contributed by atoms with van der Waals surface area (Å²) in [7, 11) is 4.91. The molecule has 0 heterocycles. The van der Waals surface area contributed by atoms with Crippen LogP contribution < -0.4 is 15.1 Å². The number of nitrogens with one attached hydrogen (secondary N) is 1. The zero-order chi connectivity index (χ0) is 19.4. The zero-order valence-electron chi connectivity index (χ0n) is 16.2. The number of unbranched alkanes of at least 4 members (excludes halogenated alkanes) is 1. The van der Waals surface area contributed by atoms with Gasteiger partial charge in [0.1, 0.15) is 5.78 Å². The minimum absolute atomic E-state index is 0.177. The van der Waals surface area contributed by atoms with Crippen molar-refractivity contribution in [2.45, 2.75) is 39.5 Å². The smallest absolute Gasteiger partial charge is 0.133 e. The first-order valence-electron chi connectivity index (χ1n) is 9.19. The number of benzene rings is 1. The monoisotopic (exact) mass is 373 g/mol. The SMILES string of the molecule is CCCN(C)c1c(P)cccc1N(C=N)CCC/C=C\C=C/CC(C)=O. The van der Waals surface area contributed by atoms with Gasteiger partial charge < -0.3 is 9.80 Å². The minimum Gasteiger partial charge on any atom is -0.372 e. The van der Waals surface area contributed by atoms with Crippen molar-refractivity contribution < 1.29 is 4.79 Å². The first-order valence-corrected chi connectivity index (χ1v) is 9.77. The molecule has 0 fully saturated rings. The van der Waals surface area contributed by atoms with Gasteiger partial charge in [-0.2, -0.15) is 0 Å². The number of allylic oxidation sites excluding steroid dienone is 4. The zero-order valence-corrected chi connectivity index (χ0v) is 17.4. The van der Waals surface area contributed by atoms with E-state index in [9.17, 15) is 4.79 Å². The Kier molecular flexibility index (Phi) is 10.6. The summed E-state index contributed by atoms with van der Waals surface area (Å²) in [6.45, 7) is 5.55. The summed E-state index contributed by atoms with van der Waals surface area (Å²) in [6.07, 6.45) is 12.8. The normalized spacial score (nSPS) is 11.2. The van der Waals surface area contributed by atoms with E-state index in [1.807, 2.05) is 29.2 Å². The Morgan fingerprint density at radius 3 is 2.62 bits per heavy atom. The van der Waals surface area contributed by atoms with E-state index in [2.05, 4.69) is 46.3 Å². The van der Waals surface area contributed by atoms with Crippen LogP contribution in [0.1, 0.15) is 39.5 Å². The van der Waals surface area contributed by atoms with Gasteiger partial charge >= 0.3 is 0 Å². The fraction of sp³-hybridized carbons (Fsp3) is 0.429. The van der Waals surface area contributed by atoms with Crippen LogP contribution in [0.5, 0.6) is 0 Å². The van der Waals surface area contributed by atoms with Crippen LogP contribution in [-0.2, 0) is 4.79 Å². The summed E-state index contributed by atoms with van der Waals surface area (Å²) in [5, 5.41) is 8.99. The summed E-state index contributed by atoms with van der Waals surface area (Å²) in [4.78, 5) is 15.1. The summed E-state index contributed by atoms with van der Waals surface area (Å²) < 4.78 is 0. The first kappa shape index (κ1) is 22.1. The van der Waals surface area contributed by atoms with E-state index in [1.165, 1.54) is 12.0 Å². The average molecular weight is 373 g/mol. The Balaban J connectivity index is 2.68. The Labute approximate surface area is 160 Å². The van der Waals surface area contributed by atoms with E-state index in [-0.39, 0.29) is 5.78 Å². The molecule has 0 aromatic heterocycles. The highest BCUT2D eigenvalue weighted by Crippen LogP contribution is 2.28. The van der Waals surface area contributed by atoms with E-state index >= 15 is 0 Å². The third-order valence-electron chi connectivity index (χ3n) is 4.01. The second-order valence-electron chi connectivity index (χ2n) is 6.36. The highest BCUT2D eigenvalue weighted by Gasteiger charge is 2.14. The molecule has 0 aliphatic carbocycles. The van der Waals surface area contributed by atoms with Crippen LogP contribution in [0.4, 0.5) is 11.4 Å². The number of Topliss-reactive ketones (excluding diaryl/α,β-unsaturated/α-hetero) is 1. The molecule has 1 aromatic carbocycles. The lowest BCUT2D eigenvalue weighted by molar-refractivity contribution is -0.116. The van der Waals surface area contributed by atoms with Gasteiger partial charge in [0.05, 0.1) is 17.7 Å². The molecule has 0 bridgehead atoms. The van der Waals surface area contributed by atoms with Crippen molar-refractivity contribution >= 4 is 38.0 Å². The van der Waals surface area contributed by atoms with Gasteiger partial charge in [0.2, 0.25) is 0 Å². The van der Waals surface area contributed by atoms with Crippen molar-refractivity contribution in [2.24, 2.45) is 0 Å². The van der Waals surface area contributed by atoms with Crippen molar-refractivity contribution in [2.75, 3.05) is 29.9 Å². The molecule has 0 spiro atoms. The molecule has 0 aliphatic heterocycles. The maximum Gasteiger partial charge on any atom is 0.133 e. The van der Waals surface area contributed by atoms with Crippen molar-refractivity contribution in [1.82, 2.24) is 0 Å². The lowest BCUT2D eigenvalue weighted by Crippen LogP contribution is -2.29. The Morgan fingerprint density at radius 1 is 1.23 bits per heavy atom. The van der Waals surface area contributed by atoms with E-state index in [4.69, 9.17) is 5.41 Å². The van der Waals surface area contributed by atoms with Gasteiger partial charge in [-0.05, 0) is 37.6 Å². The van der Waals surface area contributed by atoms with E-state index in [1.54, 1.807) is 6.92 Å². The number of carbonyl (C=O) groups is 1. The van der Waals surface area contributed by atoms with Crippen LogP contribution in [0.15, 0.2) is 42.5 Å². The molecule has 0 aliphatic rings. The molecule has 1 atom stereocenters. The number of hydrogen-bond donors (Lipinski definition) is 1. The molecule has 1 unspecified atom stereocenters. The van der Waals surface area contributed by atoms with Crippen LogP contribution in [0, 0.1) is 5.41 Å². The standard InChI is InChI=1S/C21H32N3OP/c1-4-15-23(3)21-19(13-11-14-20(21)26)24(17-22)16-10-8-6-5-7-9-12-18(2)25/h5-7,9,11,13-14,17,22H,4,8,10,12,15-16,26H2,1-3H3/b6-5-,9-7-,22-17?. The number of rotatable bonds is 12. The highest BCUT2D eigenvalue weighted by atomic mass is 31.0. The molecule has 1 aromatic rings. The van der Waals surface area contributed by atoms with E-state index in [0.717, 1.165) is 43.3 Å². The summed E-state index contributed by atoms with van der Waals surface area (Å²) >= 11 is 0. The first-order chi connectivity index (χ1) is 12.5. The number of carbonyl (C=O) groups excluding carboxylic acids is 1. The third kappa shape index (κ3) is 7.53. The van der Waals surface area contributed by atoms with Crippen molar-refractivity contribution in [3.63, 3.8) is 0 Å². The van der Waals surface area contributed by atoms with E-state index < -0.39 is 0 Å². The van der Waals surface area contributed by atoms with Gasteiger partial charge in [0.25, 0.3) is 0 Å². The number of ketones is 1. The van der Waals surface area contributed by atoms with Gasteiger partial charge in [-0.15, -0.1) is 9.24 Å². The Hall–Kier alpha value is -1.93. The molecule has 0 amide bonds. The Bertz CT molecular complexity index is 640. The molecule has 1 N–H and O–H groups in total. The topological polar surface area (TPSA) is 47.4 Å². The maximum absolute atomic E-state index is 10.9. The second-order valence-corrected chi connectivity index (χ2v) is 6.99. The molecule has 0 saturated heterocycles. The summed E-state index contributed by atoms with van der Waals surface area (Å²) in [5.41, 5.74) is 2.25. The quantitative estimate of drug-likeness (QED) is 0.195. The van der Waals surface area contributed by atoms with E-state index in [0.29, 0.717) is 6.42 Å². The van der Waals surface area contributed by atoms with Gasteiger partial charge in [0, 0.05) is 26.6 Å². The predicted octanol–water partition coefficient (Wildman–Crippen LogP) is 4.32. The average Bonchev–Trinajstić information content (AvgIpc) is 2.60. The third-order valence-corrected chi connectivity index (χ3v) is 4.48. The van der Waals surface area contributed by atoms with Crippen LogP contribution in [0.2, 0.25) is 0 Å². The van der Waals surface area contributed by atoms with Crippen molar-refractivity contribution in [3.05, 3.63) is 42.5 Å². The van der Waals surface area contributed by atoms with Crippen LogP contribution in [0.25, 0.3) is 0 Å². The van der Waals surface area contributed by atoms with Gasteiger partial charge in [-0.1, -0.05) is 43.4 Å². The van der Waals surface area contributed by atoms with Gasteiger partial charge in [-0.25, -0.2) is 0 Å². The number of nitrogens with zero attached hydrogens (tertiary/aromatic N) is 2. The minimum atomic E-state index is 0.177. The molecule has 0 saturated carbocycles. The molecule has 1 rings (SSSR count). The maximum atomic E-state index is 10.9. The molecular formula is C21H32N3OP. The van der Waals surface area contributed by atoms with Crippen LogP contribution >= 0.6 is 9.24 Å². The highest BCUT2D eigenvalue weighted by molar-refractivity contribution is 7.28. The molecule has 0 radical (unpaired) electrons. The summed E-state index contributed by atoms with van der Waals surface area (Å²) in [5.74, 6) is 0.177. The molecule has 5 heteroatoms. The van der Waals surface area contributed by atoms with Crippen molar-refractivity contribution in [1.29, 1.82) is 5.41 Å². The number of hydrogen-bond acceptors (Lipinski definition) is 3. The fourth-order valence-corrected chi connectivity index (χ4v) is 3.24. The molecule has 26 heavy (non-hydrogen) atoms. The molecule has 142 valence electrons. The van der Waals surface area contributed by atoms with Crippen LogP contribution in [0.3, 0.4) is 0 Å². The predicted molar refractivity (Wildman–Crippen MR) is 118 cm³/mol. The molecule has 4 nitrogen and oxygen atoms in total.